The Morgan fingerprint density at radius 2 is 1.88 bits per heavy atom. The Balaban J connectivity index is 0.00000256. The highest BCUT2D eigenvalue weighted by Gasteiger charge is 2.17. The number of benzene rings is 1. The minimum atomic E-state index is 0. The van der Waals surface area contributed by atoms with Gasteiger partial charge in [0.25, 0.3) is 0 Å². The van der Waals surface area contributed by atoms with Crippen LogP contribution in [0.4, 0.5) is 11.4 Å². The molecule has 0 aromatic heterocycles. The van der Waals surface area contributed by atoms with Crippen molar-refractivity contribution in [2.45, 2.75) is 27.7 Å². The Kier molecular flexibility index (Phi) is 6.03. The fraction of sp³-hybridized carbons (Fsp3) is 0.462. The molecule has 1 aromatic carbocycles. The molecule has 0 fully saturated rings. The first kappa shape index (κ1) is 15.8. The van der Waals surface area contributed by atoms with Crippen molar-refractivity contribution >= 4 is 29.7 Å². The molecule has 96 valence electrons. The quantitative estimate of drug-likeness (QED) is 0.816. The summed E-state index contributed by atoms with van der Waals surface area (Å²) in [5.74, 6) is 0.380. The highest BCUT2D eigenvalue weighted by atomic mass is 35.5. The van der Waals surface area contributed by atoms with E-state index >= 15 is 0 Å². The van der Waals surface area contributed by atoms with Crippen molar-refractivity contribution in [3.63, 3.8) is 0 Å². The first-order valence-corrected chi connectivity index (χ1v) is 5.58. The molecule has 1 atom stereocenters. The van der Waals surface area contributed by atoms with E-state index < -0.39 is 0 Å². The minimum absolute atomic E-state index is 0. The summed E-state index contributed by atoms with van der Waals surface area (Å²) >= 11 is 0. The van der Waals surface area contributed by atoms with Crippen LogP contribution in [0.25, 0.3) is 0 Å². The molecule has 3 nitrogen and oxygen atoms in total. The number of nitrogen functional groups attached to an aromatic ring is 1. The van der Waals surface area contributed by atoms with E-state index in [0.29, 0.717) is 11.6 Å². The largest absolute Gasteiger partial charge is 0.399 e. The molecular formula is C13H21ClN2O. The van der Waals surface area contributed by atoms with E-state index in [0.717, 1.165) is 11.3 Å². The summed E-state index contributed by atoms with van der Waals surface area (Å²) in [6, 6.07) is 5.53. The number of nitrogens with one attached hydrogen (secondary N) is 1. The van der Waals surface area contributed by atoms with Gasteiger partial charge < -0.3 is 11.1 Å². The fourth-order valence-corrected chi connectivity index (χ4v) is 1.32. The second kappa shape index (κ2) is 6.50. The standard InChI is InChI=1S/C13H20N2O.ClH/c1-8(2)10(4)13(16)15-12-7-11(14)6-5-9(12)3;/h5-8,10H,14H2,1-4H3,(H,15,16);1H. The van der Waals surface area contributed by atoms with Crippen LogP contribution in [0.2, 0.25) is 0 Å². The van der Waals surface area contributed by atoms with Crippen molar-refractivity contribution in [3.05, 3.63) is 23.8 Å². The summed E-state index contributed by atoms with van der Waals surface area (Å²) in [7, 11) is 0. The topological polar surface area (TPSA) is 55.1 Å². The first-order chi connectivity index (χ1) is 7.41. The third-order valence-corrected chi connectivity index (χ3v) is 2.93. The summed E-state index contributed by atoms with van der Waals surface area (Å²) in [6.07, 6.45) is 0. The van der Waals surface area contributed by atoms with Crippen molar-refractivity contribution in [1.82, 2.24) is 0 Å². The molecule has 0 spiro atoms. The Bertz CT molecular complexity index is 391. The molecule has 0 saturated carbocycles. The average molecular weight is 257 g/mol. The highest BCUT2D eigenvalue weighted by molar-refractivity contribution is 5.93. The van der Waals surface area contributed by atoms with Crippen LogP contribution in [0.3, 0.4) is 0 Å². The monoisotopic (exact) mass is 256 g/mol. The van der Waals surface area contributed by atoms with Crippen LogP contribution in [-0.2, 0) is 4.79 Å². The van der Waals surface area contributed by atoms with Crippen LogP contribution in [0.5, 0.6) is 0 Å². The zero-order valence-electron chi connectivity index (χ0n) is 10.8. The third-order valence-electron chi connectivity index (χ3n) is 2.93. The highest BCUT2D eigenvalue weighted by Crippen LogP contribution is 2.20. The molecule has 1 rings (SSSR count). The van der Waals surface area contributed by atoms with Gasteiger partial charge in [0.1, 0.15) is 0 Å². The third kappa shape index (κ3) is 4.27. The zero-order valence-corrected chi connectivity index (χ0v) is 11.6. The lowest BCUT2D eigenvalue weighted by Crippen LogP contribution is -2.24. The number of rotatable bonds is 3. The summed E-state index contributed by atoms with van der Waals surface area (Å²) < 4.78 is 0. The molecular weight excluding hydrogens is 236 g/mol. The van der Waals surface area contributed by atoms with Gasteiger partial charge in [0.15, 0.2) is 0 Å². The summed E-state index contributed by atoms with van der Waals surface area (Å²) in [4.78, 5) is 11.9. The molecule has 0 aliphatic heterocycles. The maximum absolute atomic E-state index is 11.9. The molecule has 0 aliphatic rings. The predicted octanol–water partition coefficient (Wildman–Crippen LogP) is 3.23. The van der Waals surface area contributed by atoms with E-state index in [1.54, 1.807) is 6.07 Å². The summed E-state index contributed by atoms with van der Waals surface area (Å²) in [5, 5.41) is 2.91. The van der Waals surface area contributed by atoms with Crippen molar-refractivity contribution in [3.8, 4) is 0 Å². The number of halogens is 1. The van der Waals surface area contributed by atoms with Gasteiger partial charge in [0, 0.05) is 17.3 Å². The SMILES string of the molecule is Cc1ccc(N)cc1NC(=O)C(C)C(C)C.Cl. The molecule has 0 aliphatic carbocycles. The lowest BCUT2D eigenvalue weighted by atomic mass is 9.97. The summed E-state index contributed by atoms with van der Waals surface area (Å²) in [5.41, 5.74) is 8.18. The van der Waals surface area contributed by atoms with Gasteiger partial charge in [-0.15, -0.1) is 12.4 Å². The Morgan fingerprint density at radius 3 is 2.41 bits per heavy atom. The number of hydrogen-bond donors (Lipinski definition) is 2. The van der Waals surface area contributed by atoms with Crippen molar-refractivity contribution in [1.29, 1.82) is 0 Å². The second-order valence-corrected chi connectivity index (χ2v) is 4.60. The van der Waals surface area contributed by atoms with Gasteiger partial charge in [-0.25, -0.2) is 0 Å². The molecule has 1 amide bonds. The Hall–Kier alpha value is -1.22. The molecule has 1 unspecified atom stereocenters. The Morgan fingerprint density at radius 1 is 1.29 bits per heavy atom. The minimum Gasteiger partial charge on any atom is -0.399 e. The Labute approximate surface area is 109 Å². The van der Waals surface area contributed by atoms with E-state index in [9.17, 15) is 4.79 Å². The van der Waals surface area contributed by atoms with E-state index in [2.05, 4.69) is 5.32 Å². The van der Waals surface area contributed by atoms with Crippen LogP contribution in [0.15, 0.2) is 18.2 Å². The summed E-state index contributed by atoms with van der Waals surface area (Å²) in [6.45, 7) is 7.96. The number of amides is 1. The number of anilines is 2. The van der Waals surface area contributed by atoms with Gasteiger partial charge in [-0.1, -0.05) is 26.8 Å². The normalized spacial score (nSPS) is 11.8. The number of aryl methyl sites for hydroxylation is 1. The first-order valence-electron chi connectivity index (χ1n) is 5.58. The molecule has 4 heteroatoms. The number of nitrogens with two attached hydrogens (primary N) is 1. The van der Waals surface area contributed by atoms with Gasteiger partial charge in [-0.3, -0.25) is 4.79 Å². The van der Waals surface area contributed by atoms with E-state index in [-0.39, 0.29) is 24.2 Å². The molecule has 0 saturated heterocycles. The molecule has 17 heavy (non-hydrogen) atoms. The average Bonchev–Trinajstić information content (AvgIpc) is 2.22. The van der Waals surface area contributed by atoms with Gasteiger partial charge in [0.2, 0.25) is 5.91 Å². The lowest BCUT2D eigenvalue weighted by Gasteiger charge is -2.16. The van der Waals surface area contributed by atoms with Gasteiger partial charge in [-0.2, -0.15) is 0 Å². The maximum Gasteiger partial charge on any atom is 0.227 e. The van der Waals surface area contributed by atoms with Crippen molar-refractivity contribution in [2.75, 3.05) is 11.1 Å². The van der Waals surface area contributed by atoms with Crippen LogP contribution in [0, 0.1) is 18.8 Å². The molecule has 1 aromatic rings. The van der Waals surface area contributed by atoms with Gasteiger partial charge in [0.05, 0.1) is 0 Å². The number of carbonyl (C=O) groups excluding carboxylic acids is 1. The van der Waals surface area contributed by atoms with Gasteiger partial charge >= 0.3 is 0 Å². The van der Waals surface area contributed by atoms with Crippen LogP contribution < -0.4 is 11.1 Å². The van der Waals surface area contributed by atoms with E-state index in [1.165, 1.54) is 0 Å². The molecule has 0 radical (unpaired) electrons. The van der Waals surface area contributed by atoms with Crippen LogP contribution in [0.1, 0.15) is 26.3 Å². The molecule has 0 bridgehead atoms. The van der Waals surface area contributed by atoms with Crippen LogP contribution >= 0.6 is 12.4 Å². The fourth-order valence-electron chi connectivity index (χ4n) is 1.32. The predicted molar refractivity (Wildman–Crippen MR) is 75.5 cm³/mol. The molecule has 3 N–H and O–H groups in total. The van der Waals surface area contributed by atoms with Crippen molar-refractivity contribution in [2.24, 2.45) is 11.8 Å². The van der Waals surface area contributed by atoms with Gasteiger partial charge in [-0.05, 0) is 30.5 Å². The second-order valence-electron chi connectivity index (χ2n) is 4.60. The smallest absolute Gasteiger partial charge is 0.227 e. The zero-order chi connectivity index (χ0) is 12.3. The lowest BCUT2D eigenvalue weighted by molar-refractivity contribution is -0.120. The number of carbonyl (C=O) groups is 1. The van der Waals surface area contributed by atoms with E-state index in [1.807, 2.05) is 39.8 Å². The van der Waals surface area contributed by atoms with Crippen molar-refractivity contribution < 1.29 is 4.79 Å². The number of hydrogen-bond acceptors (Lipinski definition) is 2. The van der Waals surface area contributed by atoms with E-state index in [4.69, 9.17) is 5.73 Å². The molecule has 0 heterocycles. The van der Waals surface area contributed by atoms with Crippen LogP contribution in [-0.4, -0.2) is 5.91 Å². The maximum atomic E-state index is 11.9.